The Bertz CT molecular complexity index is 1130. The lowest BCUT2D eigenvalue weighted by Crippen LogP contribution is -2.14. The van der Waals surface area contributed by atoms with E-state index in [-0.39, 0.29) is 0 Å². The van der Waals surface area contributed by atoms with Crippen LogP contribution in [0.25, 0.3) is 16.8 Å². The van der Waals surface area contributed by atoms with Crippen molar-refractivity contribution in [2.45, 2.75) is 0 Å². The van der Waals surface area contributed by atoms with Crippen molar-refractivity contribution >= 4 is 28.8 Å². The first-order chi connectivity index (χ1) is 12.7. The minimum Gasteiger partial charge on any atom is -0.329 e. The number of aromatic nitrogens is 3. The first-order valence-corrected chi connectivity index (χ1v) is 8.39. The van der Waals surface area contributed by atoms with Crippen molar-refractivity contribution in [1.29, 1.82) is 5.26 Å². The van der Waals surface area contributed by atoms with Gasteiger partial charge < -0.3 is 4.90 Å². The summed E-state index contributed by atoms with van der Waals surface area (Å²) in [7, 11) is 1.95. The molecule has 4 aromatic rings. The largest absolute Gasteiger partial charge is 0.329 e. The number of nitriles is 1. The molecule has 0 saturated heterocycles. The SMILES string of the molecule is CN(c1ccc(-c2ccccc2C#N)cc1)c1cc(Cl)nc2ccnn12. The summed E-state index contributed by atoms with van der Waals surface area (Å²) in [5.41, 5.74) is 4.25. The van der Waals surface area contributed by atoms with Crippen molar-refractivity contribution in [1.82, 2.24) is 14.6 Å². The maximum Gasteiger partial charge on any atom is 0.159 e. The van der Waals surface area contributed by atoms with Crippen LogP contribution in [0.5, 0.6) is 0 Å². The third kappa shape index (κ3) is 2.77. The minimum atomic E-state index is 0.416. The lowest BCUT2D eigenvalue weighted by atomic mass is 10.0. The Morgan fingerprint density at radius 2 is 1.85 bits per heavy atom. The highest BCUT2D eigenvalue weighted by molar-refractivity contribution is 6.29. The zero-order chi connectivity index (χ0) is 18.1. The number of anilines is 2. The van der Waals surface area contributed by atoms with Gasteiger partial charge in [-0.2, -0.15) is 14.9 Å². The Labute approximate surface area is 155 Å². The smallest absolute Gasteiger partial charge is 0.159 e. The Morgan fingerprint density at radius 1 is 1.08 bits per heavy atom. The second-order valence-corrected chi connectivity index (χ2v) is 6.19. The first kappa shape index (κ1) is 16.1. The molecule has 0 spiro atoms. The van der Waals surface area contributed by atoms with Gasteiger partial charge in [-0.3, -0.25) is 0 Å². The van der Waals surface area contributed by atoms with Crippen molar-refractivity contribution in [2.75, 3.05) is 11.9 Å². The van der Waals surface area contributed by atoms with Gasteiger partial charge in [0.1, 0.15) is 11.0 Å². The molecule has 0 unspecified atom stereocenters. The monoisotopic (exact) mass is 359 g/mol. The summed E-state index contributed by atoms with van der Waals surface area (Å²) in [6, 6.07) is 21.4. The second kappa shape index (κ2) is 6.51. The van der Waals surface area contributed by atoms with Gasteiger partial charge in [-0.25, -0.2) is 4.98 Å². The van der Waals surface area contributed by atoms with E-state index in [2.05, 4.69) is 16.2 Å². The number of benzene rings is 2. The topological polar surface area (TPSA) is 57.2 Å². The molecule has 26 heavy (non-hydrogen) atoms. The predicted molar refractivity (Wildman–Crippen MR) is 103 cm³/mol. The number of rotatable bonds is 3. The van der Waals surface area contributed by atoms with E-state index in [4.69, 9.17) is 11.6 Å². The molecule has 2 aromatic carbocycles. The van der Waals surface area contributed by atoms with E-state index in [1.807, 2.05) is 66.5 Å². The maximum atomic E-state index is 9.29. The van der Waals surface area contributed by atoms with Crippen LogP contribution in [0.4, 0.5) is 11.5 Å². The summed E-state index contributed by atoms with van der Waals surface area (Å²) < 4.78 is 1.74. The summed E-state index contributed by atoms with van der Waals surface area (Å²) in [5.74, 6) is 0.815. The van der Waals surface area contributed by atoms with Gasteiger partial charge in [0, 0.05) is 24.9 Å². The highest BCUT2D eigenvalue weighted by Gasteiger charge is 2.12. The Morgan fingerprint density at radius 3 is 2.62 bits per heavy atom. The van der Waals surface area contributed by atoms with E-state index in [0.717, 1.165) is 22.6 Å². The maximum absolute atomic E-state index is 9.29. The van der Waals surface area contributed by atoms with Crippen molar-refractivity contribution < 1.29 is 0 Å². The molecule has 6 heteroatoms. The molecule has 0 N–H and O–H groups in total. The number of fused-ring (bicyclic) bond motifs is 1. The van der Waals surface area contributed by atoms with Gasteiger partial charge in [0.25, 0.3) is 0 Å². The summed E-state index contributed by atoms with van der Waals surface area (Å²) in [5, 5.41) is 14.0. The second-order valence-electron chi connectivity index (χ2n) is 5.80. The van der Waals surface area contributed by atoms with Crippen LogP contribution in [0.15, 0.2) is 66.9 Å². The highest BCUT2D eigenvalue weighted by atomic mass is 35.5. The molecule has 0 amide bonds. The molecule has 2 heterocycles. The van der Waals surface area contributed by atoms with Crippen LogP contribution in [-0.2, 0) is 0 Å². The molecule has 0 atom stereocenters. The summed E-state index contributed by atoms with van der Waals surface area (Å²) in [6.45, 7) is 0. The van der Waals surface area contributed by atoms with Gasteiger partial charge in [0.15, 0.2) is 5.65 Å². The van der Waals surface area contributed by atoms with Gasteiger partial charge in [-0.05, 0) is 29.3 Å². The van der Waals surface area contributed by atoms with Crippen LogP contribution in [-0.4, -0.2) is 21.6 Å². The zero-order valence-corrected chi connectivity index (χ0v) is 14.7. The van der Waals surface area contributed by atoms with Gasteiger partial charge in [0.05, 0.1) is 17.8 Å². The average molecular weight is 360 g/mol. The van der Waals surface area contributed by atoms with Crippen LogP contribution in [0.2, 0.25) is 5.15 Å². The van der Waals surface area contributed by atoms with E-state index in [1.54, 1.807) is 16.8 Å². The summed E-state index contributed by atoms with van der Waals surface area (Å²) in [4.78, 5) is 6.25. The third-order valence-corrected chi connectivity index (χ3v) is 4.46. The van der Waals surface area contributed by atoms with Gasteiger partial charge in [0.2, 0.25) is 0 Å². The lowest BCUT2D eigenvalue weighted by Gasteiger charge is -2.20. The molecule has 2 aromatic heterocycles. The number of hydrogen-bond donors (Lipinski definition) is 0. The molecule has 0 bridgehead atoms. The fourth-order valence-electron chi connectivity index (χ4n) is 2.94. The molecule has 0 radical (unpaired) electrons. The Balaban J connectivity index is 1.73. The van der Waals surface area contributed by atoms with Crippen LogP contribution in [0, 0.1) is 11.3 Å². The van der Waals surface area contributed by atoms with E-state index in [9.17, 15) is 5.26 Å². The zero-order valence-electron chi connectivity index (χ0n) is 14.0. The normalized spacial score (nSPS) is 10.7. The fraction of sp³-hybridized carbons (Fsp3) is 0.0500. The molecule has 0 aliphatic carbocycles. The standard InChI is InChI=1S/C20H14ClN5/c1-25(20-12-18(21)24-19-10-11-23-26(19)20)16-8-6-14(7-9-16)17-5-3-2-4-15(17)13-22/h2-12H,1H3. The highest BCUT2D eigenvalue weighted by Crippen LogP contribution is 2.29. The predicted octanol–water partition coefficient (Wildman–Crippen LogP) is 4.69. The molecule has 0 fully saturated rings. The number of nitrogens with zero attached hydrogens (tertiary/aromatic N) is 5. The molecule has 126 valence electrons. The molecular weight excluding hydrogens is 346 g/mol. The van der Waals surface area contributed by atoms with E-state index in [0.29, 0.717) is 16.4 Å². The van der Waals surface area contributed by atoms with Gasteiger partial charge >= 0.3 is 0 Å². The van der Waals surface area contributed by atoms with Crippen LogP contribution < -0.4 is 4.90 Å². The first-order valence-electron chi connectivity index (χ1n) is 8.01. The van der Waals surface area contributed by atoms with E-state index >= 15 is 0 Å². The van der Waals surface area contributed by atoms with Crippen molar-refractivity contribution in [2.24, 2.45) is 0 Å². The molecule has 5 nitrogen and oxygen atoms in total. The number of halogens is 1. The fourth-order valence-corrected chi connectivity index (χ4v) is 3.12. The number of hydrogen-bond acceptors (Lipinski definition) is 4. The molecule has 0 aliphatic heterocycles. The van der Waals surface area contributed by atoms with Gasteiger partial charge in [-0.1, -0.05) is 41.9 Å². The van der Waals surface area contributed by atoms with Crippen LogP contribution in [0.1, 0.15) is 5.56 Å². The van der Waals surface area contributed by atoms with Crippen molar-refractivity contribution in [3.8, 4) is 17.2 Å². The Kier molecular flexibility index (Phi) is 4.04. The van der Waals surface area contributed by atoms with Gasteiger partial charge in [-0.15, -0.1) is 0 Å². The average Bonchev–Trinajstić information content (AvgIpc) is 3.15. The van der Waals surface area contributed by atoms with E-state index in [1.165, 1.54) is 0 Å². The minimum absolute atomic E-state index is 0.416. The quantitative estimate of drug-likeness (QED) is 0.498. The van der Waals surface area contributed by atoms with Crippen LogP contribution >= 0.6 is 11.6 Å². The Hall–Kier alpha value is -3.36. The third-order valence-electron chi connectivity index (χ3n) is 4.27. The van der Waals surface area contributed by atoms with Crippen molar-refractivity contribution in [3.05, 3.63) is 77.6 Å². The lowest BCUT2D eigenvalue weighted by molar-refractivity contribution is 0.912. The summed E-state index contributed by atoms with van der Waals surface area (Å²) >= 11 is 6.14. The molecule has 0 aliphatic rings. The van der Waals surface area contributed by atoms with E-state index < -0.39 is 0 Å². The summed E-state index contributed by atoms with van der Waals surface area (Å²) in [6.07, 6.45) is 1.69. The van der Waals surface area contributed by atoms with Crippen LogP contribution in [0.3, 0.4) is 0 Å². The molecule has 4 rings (SSSR count). The molecule has 0 saturated carbocycles. The van der Waals surface area contributed by atoms with Crippen molar-refractivity contribution in [3.63, 3.8) is 0 Å². The molecular formula is C20H14ClN5.